The quantitative estimate of drug-likeness (QED) is 0.863. The van der Waals surface area contributed by atoms with Crippen molar-refractivity contribution in [2.24, 2.45) is 0 Å². The van der Waals surface area contributed by atoms with Crippen molar-refractivity contribution in [3.63, 3.8) is 0 Å². The second kappa shape index (κ2) is 5.48. The third-order valence-corrected chi connectivity index (χ3v) is 1.95. The molecule has 8 heteroatoms. The number of hydrogen-bond acceptors (Lipinski definition) is 3. The van der Waals surface area contributed by atoms with E-state index in [0.717, 1.165) is 0 Å². The van der Waals surface area contributed by atoms with Crippen LogP contribution in [0.15, 0.2) is 18.3 Å². The first-order valence-corrected chi connectivity index (χ1v) is 4.84. The van der Waals surface area contributed by atoms with Gasteiger partial charge in [-0.15, -0.1) is 0 Å². The van der Waals surface area contributed by atoms with Gasteiger partial charge in [-0.1, -0.05) is 6.07 Å². The van der Waals surface area contributed by atoms with Gasteiger partial charge >= 0.3 is 18.1 Å². The second-order valence-electron chi connectivity index (χ2n) is 3.40. The number of carboxylic acid groups (broad SMARTS) is 1. The molecule has 1 heterocycles. The number of halogens is 3. The van der Waals surface area contributed by atoms with Crippen molar-refractivity contribution < 1.29 is 27.9 Å². The lowest BCUT2D eigenvalue weighted by Crippen LogP contribution is -2.30. The Morgan fingerprint density at radius 3 is 2.44 bits per heavy atom. The highest BCUT2D eigenvalue weighted by Crippen LogP contribution is 2.17. The maximum atomic E-state index is 11.9. The molecule has 98 valence electrons. The van der Waals surface area contributed by atoms with Crippen molar-refractivity contribution in [1.29, 1.82) is 0 Å². The molecule has 0 spiro atoms. The predicted octanol–water partition coefficient (Wildman–Crippen LogP) is 1.60. The fraction of sp³-hybridized carbons (Fsp3) is 0.300. The average Bonchev–Trinajstić information content (AvgIpc) is 2.26. The average molecular weight is 262 g/mol. The first-order valence-electron chi connectivity index (χ1n) is 4.84. The van der Waals surface area contributed by atoms with Gasteiger partial charge in [-0.3, -0.25) is 9.59 Å². The highest BCUT2D eigenvalue weighted by atomic mass is 19.4. The van der Waals surface area contributed by atoms with Crippen LogP contribution in [0.5, 0.6) is 0 Å². The van der Waals surface area contributed by atoms with Crippen LogP contribution in [0.3, 0.4) is 0 Å². The number of pyridine rings is 1. The SMILES string of the molecule is O=C(O)CCc1ccc(NC(=O)C(F)(F)F)nc1. The van der Waals surface area contributed by atoms with Gasteiger partial charge < -0.3 is 10.4 Å². The summed E-state index contributed by atoms with van der Waals surface area (Å²) in [6, 6.07) is 2.59. The number of aryl methyl sites for hydroxylation is 1. The summed E-state index contributed by atoms with van der Waals surface area (Å²) in [5.41, 5.74) is 0.558. The van der Waals surface area contributed by atoms with Crippen LogP contribution in [-0.4, -0.2) is 28.1 Å². The molecule has 0 radical (unpaired) electrons. The number of carbonyl (C=O) groups is 2. The third-order valence-electron chi connectivity index (χ3n) is 1.95. The molecule has 0 atom stereocenters. The van der Waals surface area contributed by atoms with E-state index in [-0.39, 0.29) is 18.7 Å². The normalized spacial score (nSPS) is 11.1. The summed E-state index contributed by atoms with van der Waals surface area (Å²) in [4.78, 5) is 24.5. The summed E-state index contributed by atoms with van der Waals surface area (Å²) in [6.07, 6.45) is -3.63. The van der Waals surface area contributed by atoms with Crippen LogP contribution in [-0.2, 0) is 16.0 Å². The zero-order chi connectivity index (χ0) is 13.8. The molecule has 0 saturated heterocycles. The number of nitrogens with one attached hydrogen (secondary N) is 1. The minimum atomic E-state index is -4.97. The Labute approximate surface area is 99.6 Å². The Morgan fingerprint density at radius 2 is 2.00 bits per heavy atom. The van der Waals surface area contributed by atoms with E-state index in [0.29, 0.717) is 5.56 Å². The summed E-state index contributed by atoms with van der Waals surface area (Å²) in [7, 11) is 0. The van der Waals surface area contributed by atoms with Gasteiger partial charge in [-0.25, -0.2) is 4.98 Å². The number of alkyl halides is 3. The lowest BCUT2D eigenvalue weighted by molar-refractivity contribution is -0.167. The van der Waals surface area contributed by atoms with Crippen molar-refractivity contribution >= 4 is 17.7 Å². The smallest absolute Gasteiger partial charge is 0.471 e. The van der Waals surface area contributed by atoms with Gasteiger partial charge in [0.25, 0.3) is 0 Å². The molecule has 2 N–H and O–H groups in total. The number of carbonyl (C=O) groups excluding carboxylic acids is 1. The van der Waals surface area contributed by atoms with E-state index < -0.39 is 18.1 Å². The number of hydrogen-bond donors (Lipinski definition) is 2. The van der Waals surface area contributed by atoms with E-state index >= 15 is 0 Å². The Kier molecular flexibility index (Phi) is 4.24. The van der Waals surface area contributed by atoms with E-state index in [1.165, 1.54) is 18.3 Å². The Bertz CT molecular complexity index is 443. The number of amides is 1. The van der Waals surface area contributed by atoms with E-state index in [9.17, 15) is 22.8 Å². The first kappa shape index (κ1) is 13.9. The van der Waals surface area contributed by atoms with Gasteiger partial charge in [0.15, 0.2) is 0 Å². The molecule has 1 aromatic rings. The molecule has 0 aliphatic heterocycles. The van der Waals surface area contributed by atoms with Crippen LogP contribution < -0.4 is 5.32 Å². The van der Waals surface area contributed by atoms with Gasteiger partial charge in [0.05, 0.1) is 0 Å². The lowest BCUT2D eigenvalue weighted by atomic mass is 10.1. The number of anilines is 1. The van der Waals surface area contributed by atoms with Crippen LogP contribution in [0, 0.1) is 0 Å². The van der Waals surface area contributed by atoms with Crippen molar-refractivity contribution in [1.82, 2.24) is 4.98 Å². The minimum absolute atomic E-state index is 0.101. The molecule has 0 aromatic carbocycles. The number of aromatic nitrogens is 1. The summed E-state index contributed by atoms with van der Waals surface area (Å²) in [6.45, 7) is 0. The fourth-order valence-electron chi connectivity index (χ4n) is 1.08. The van der Waals surface area contributed by atoms with Crippen LogP contribution >= 0.6 is 0 Å². The summed E-state index contributed by atoms with van der Waals surface area (Å²) in [5.74, 6) is -3.32. The monoisotopic (exact) mass is 262 g/mol. The number of rotatable bonds is 4. The zero-order valence-electron chi connectivity index (χ0n) is 8.99. The molecule has 0 bridgehead atoms. The highest BCUT2D eigenvalue weighted by Gasteiger charge is 2.38. The highest BCUT2D eigenvalue weighted by molar-refractivity contribution is 5.94. The molecule has 0 fully saturated rings. The molecular formula is C10H9F3N2O3. The van der Waals surface area contributed by atoms with Crippen molar-refractivity contribution in [2.45, 2.75) is 19.0 Å². The molecule has 0 aliphatic carbocycles. The molecule has 5 nitrogen and oxygen atoms in total. The van der Waals surface area contributed by atoms with Gasteiger partial charge in [0, 0.05) is 12.6 Å². The number of nitrogens with zero attached hydrogens (tertiary/aromatic N) is 1. The Balaban J connectivity index is 2.60. The maximum absolute atomic E-state index is 11.9. The van der Waals surface area contributed by atoms with Crippen LogP contribution in [0.2, 0.25) is 0 Å². The van der Waals surface area contributed by atoms with E-state index in [1.807, 2.05) is 0 Å². The van der Waals surface area contributed by atoms with E-state index in [2.05, 4.69) is 4.98 Å². The lowest BCUT2D eigenvalue weighted by Gasteiger charge is -2.07. The zero-order valence-corrected chi connectivity index (χ0v) is 8.99. The van der Waals surface area contributed by atoms with Gasteiger partial charge in [-0.2, -0.15) is 13.2 Å². The van der Waals surface area contributed by atoms with Crippen LogP contribution in [0.1, 0.15) is 12.0 Å². The van der Waals surface area contributed by atoms with E-state index in [1.54, 1.807) is 5.32 Å². The number of aliphatic carboxylic acids is 1. The van der Waals surface area contributed by atoms with Crippen molar-refractivity contribution in [2.75, 3.05) is 5.32 Å². The molecule has 18 heavy (non-hydrogen) atoms. The Morgan fingerprint density at radius 1 is 1.33 bits per heavy atom. The second-order valence-corrected chi connectivity index (χ2v) is 3.40. The predicted molar refractivity (Wildman–Crippen MR) is 54.9 cm³/mol. The molecule has 1 rings (SSSR count). The Hall–Kier alpha value is -2.12. The fourth-order valence-corrected chi connectivity index (χ4v) is 1.08. The third kappa shape index (κ3) is 4.40. The topological polar surface area (TPSA) is 79.3 Å². The molecule has 0 aliphatic rings. The standard InChI is InChI=1S/C10H9F3N2O3/c11-10(12,13)9(18)15-7-3-1-6(5-14-7)2-4-8(16)17/h1,3,5H,2,4H2,(H,16,17)(H,14,15,18). The summed E-state index contributed by atoms with van der Waals surface area (Å²) in [5, 5.41) is 10.0. The van der Waals surface area contributed by atoms with Gasteiger partial charge in [0.2, 0.25) is 0 Å². The van der Waals surface area contributed by atoms with Crippen molar-refractivity contribution in [3.05, 3.63) is 23.9 Å². The van der Waals surface area contributed by atoms with E-state index in [4.69, 9.17) is 5.11 Å². The van der Waals surface area contributed by atoms with Crippen molar-refractivity contribution in [3.8, 4) is 0 Å². The van der Waals surface area contributed by atoms with Crippen LogP contribution in [0.4, 0.5) is 19.0 Å². The van der Waals surface area contributed by atoms with Gasteiger partial charge in [-0.05, 0) is 18.1 Å². The largest absolute Gasteiger partial charge is 0.481 e. The summed E-state index contributed by atoms with van der Waals surface area (Å²) >= 11 is 0. The molecule has 1 amide bonds. The molecular weight excluding hydrogens is 253 g/mol. The first-order chi connectivity index (χ1) is 8.29. The van der Waals surface area contributed by atoms with Crippen LogP contribution in [0.25, 0.3) is 0 Å². The maximum Gasteiger partial charge on any atom is 0.471 e. The number of carboxylic acids is 1. The molecule has 0 saturated carbocycles. The summed E-state index contributed by atoms with van der Waals surface area (Å²) < 4.78 is 35.8. The molecule has 1 aromatic heterocycles. The molecule has 0 unspecified atom stereocenters. The van der Waals surface area contributed by atoms with Gasteiger partial charge in [0.1, 0.15) is 5.82 Å². The minimum Gasteiger partial charge on any atom is -0.481 e.